The molecule has 0 atom stereocenters. The first-order valence-corrected chi connectivity index (χ1v) is 7.90. The van der Waals surface area contributed by atoms with Gasteiger partial charge in [0.1, 0.15) is 18.2 Å². The van der Waals surface area contributed by atoms with Crippen molar-refractivity contribution >= 4 is 17.4 Å². The van der Waals surface area contributed by atoms with Crippen molar-refractivity contribution < 1.29 is 9.53 Å². The molecule has 1 aromatic carbocycles. The van der Waals surface area contributed by atoms with Crippen molar-refractivity contribution in [2.24, 2.45) is 0 Å². The molecule has 0 aliphatic heterocycles. The lowest BCUT2D eigenvalue weighted by Crippen LogP contribution is -2.28. The number of pyridine rings is 2. The van der Waals surface area contributed by atoms with Crippen LogP contribution in [0.25, 0.3) is 0 Å². The molecule has 0 spiro atoms. The van der Waals surface area contributed by atoms with Crippen LogP contribution in [0.5, 0.6) is 5.75 Å². The van der Waals surface area contributed by atoms with Crippen LogP contribution in [0.15, 0.2) is 73.2 Å². The van der Waals surface area contributed by atoms with E-state index in [1.807, 2.05) is 42.5 Å². The maximum absolute atomic E-state index is 12.2. The molecule has 0 bridgehead atoms. The van der Waals surface area contributed by atoms with Crippen LogP contribution in [-0.2, 0) is 0 Å². The van der Waals surface area contributed by atoms with Crippen LogP contribution in [0.4, 0.5) is 11.5 Å². The molecule has 126 valence electrons. The Labute approximate surface area is 145 Å². The van der Waals surface area contributed by atoms with Crippen molar-refractivity contribution in [2.45, 2.75) is 0 Å². The molecule has 0 aliphatic rings. The molecule has 2 N–H and O–H groups in total. The number of carbonyl (C=O) groups excluding carboxylic acids is 1. The Balaban J connectivity index is 1.51. The van der Waals surface area contributed by atoms with Crippen LogP contribution in [0.2, 0.25) is 0 Å². The van der Waals surface area contributed by atoms with Crippen LogP contribution in [-0.4, -0.2) is 29.0 Å². The summed E-state index contributed by atoms with van der Waals surface area (Å²) in [5.74, 6) is 1.19. The van der Waals surface area contributed by atoms with Crippen LogP contribution >= 0.6 is 0 Å². The molecule has 2 heterocycles. The standard InChI is InChI=1S/C19H18N4O2/c24-19(22-11-12-25-17-6-2-1-3-7-17)15-8-10-21-18(13-15)23-16-5-4-9-20-14-16/h1-10,13-14H,11-12H2,(H,21,23)(H,22,24). The molecule has 2 aromatic heterocycles. The van der Waals surface area contributed by atoms with Gasteiger partial charge in [-0.3, -0.25) is 9.78 Å². The smallest absolute Gasteiger partial charge is 0.251 e. The molecule has 6 nitrogen and oxygen atoms in total. The van der Waals surface area contributed by atoms with Gasteiger partial charge >= 0.3 is 0 Å². The Morgan fingerprint density at radius 1 is 1.04 bits per heavy atom. The van der Waals surface area contributed by atoms with E-state index in [0.717, 1.165) is 11.4 Å². The minimum absolute atomic E-state index is 0.173. The van der Waals surface area contributed by atoms with Gasteiger partial charge in [0.15, 0.2) is 0 Å². The zero-order valence-electron chi connectivity index (χ0n) is 13.6. The first kappa shape index (κ1) is 16.4. The third-order valence-electron chi connectivity index (χ3n) is 3.36. The largest absolute Gasteiger partial charge is 0.492 e. The first-order valence-electron chi connectivity index (χ1n) is 7.90. The second-order valence-corrected chi connectivity index (χ2v) is 5.21. The Morgan fingerprint density at radius 2 is 1.92 bits per heavy atom. The van der Waals surface area contributed by atoms with Crippen molar-refractivity contribution in [3.63, 3.8) is 0 Å². The predicted molar refractivity (Wildman–Crippen MR) is 96.0 cm³/mol. The van der Waals surface area contributed by atoms with Crippen molar-refractivity contribution in [1.82, 2.24) is 15.3 Å². The topological polar surface area (TPSA) is 76.1 Å². The number of para-hydroxylation sites is 1. The van der Waals surface area contributed by atoms with E-state index < -0.39 is 0 Å². The van der Waals surface area contributed by atoms with Crippen molar-refractivity contribution in [3.05, 3.63) is 78.8 Å². The summed E-state index contributed by atoms with van der Waals surface area (Å²) in [6.07, 6.45) is 4.98. The SMILES string of the molecule is O=C(NCCOc1ccccc1)c1ccnc(Nc2cccnc2)c1. The van der Waals surface area contributed by atoms with Crippen LogP contribution < -0.4 is 15.4 Å². The molecular formula is C19H18N4O2. The van der Waals surface area contributed by atoms with Crippen molar-refractivity contribution in [3.8, 4) is 5.75 Å². The highest BCUT2D eigenvalue weighted by Crippen LogP contribution is 2.14. The summed E-state index contributed by atoms with van der Waals surface area (Å²) < 4.78 is 5.55. The van der Waals surface area contributed by atoms with Crippen LogP contribution in [0.3, 0.4) is 0 Å². The third kappa shape index (κ3) is 5.04. The normalized spacial score (nSPS) is 10.1. The van der Waals surface area contributed by atoms with Crippen molar-refractivity contribution in [1.29, 1.82) is 0 Å². The minimum atomic E-state index is -0.173. The number of hydrogen-bond donors (Lipinski definition) is 2. The monoisotopic (exact) mass is 334 g/mol. The fourth-order valence-electron chi connectivity index (χ4n) is 2.18. The maximum Gasteiger partial charge on any atom is 0.251 e. The summed E-state index contributed by atoms with van der Waals surface area (Å²) >= 11 is 0. The van der Waals surface area contributed by atoms with E-state index >= 15 is 0 Å². The Hall–Kier alpha value is -3.41. The summed E-state index contributed by atoms with van der Waals surface area (Å²) in [7, 11) is 0. The average molecular weight is 334 g/mol. The number of carbonyl (C=O) groups is 1. The molecule has 0 saturated heterocycles. The van der Waals surface area contributed by atoms with E-state index in [4.69, 9.17) is 4.74 Å². The number of hydrogen-bond acceptors (Lipinski definition) is 5. The molecule has 25 heavy (non-hydrogen) atoms. The molecule has 6 heteroatoms. The van der Waals surface area contributed by atoms with Gasteiger partial charge in [0, 0.05) is 18.0 Å². The van der Waals surface area contributed by atoms with Gasteiger partial charge in [-0.15, -0.1) is 0 Å². The van der Waals surface area contributed by atoms with Crippen molar-refractivity contribution in [2.75, 3.05) is 18.5 Å². The van der Waals surface area contributed by atoms with Gasteiger partial charge in [0.2, 0.25) is 0 Å². The summed E-state index contributed by atoms with van der Waals surface area (Å²) in [4.78, 5) is 20.5. The number of ether oxygens (including phenoxy) is 1. The first-order chi connectivity index (χ1) is 12.3. The fourth-order valence-corrected chi connectivity index (χ4v) is 2.18. The summed E-state index contributed by atoms with van der Waals surface area (Å²) in [5.41, 5.74) is 1.34. The van der Waals surface area contributed by atoms with Gasteiger partial charge in [-0.2, -0.15) is 0 Å². The second kappa shape index (κ2) is 8.44. The number of amides is 1. The number of nitrogens with zero attached hydrogens (tertiary/aromatic N) is 2. The quantitative estimate of drug-likeness (QED) is 0.650. The van der Waals surface area contributed by atoms with E-state index in [0.29, 0.717) is 24.5 Å². The second-order valence-electron chi connectivity index (χ2n) is 5.21. The molecule has 0 aliphatic carbocycles. The number of rotatable bonds is 7. The van der Waals surface area contributed by atoms with Gasteiger partial charge in [-0.25, -0.2) is 4.98 Å². The lowest BCUT2D eigenvalue weighted by molar-refractivity contribution is 0.0947. The van der Waals surface area contributed by atoms with Gasteiger partial charge in [-0.05, 0) is 36.4 Å². The fraction of sp³-hybridized carbons (Fsp3) is 0.105. The molecule has 0 unspecified atom stereocenters. The Morgan fingerprint density at radius 3 is 2.72 bits per heavy atom. The highest BCUT2D eigenvalue weighted by molar-refractivity contribution is 5.94. The highest BCUT2D eigenvalue weighted by atomic mass is 16.5. The zero-order valence-corrected chi connectivity index (χ0v) is 13.6. The highest BCUT2D eigenvalue weighted by Gasteiger charge is 2.07. The van der Waals surface area contributed by atoms with Gasteiger partial charge < -0.3 is 15.4 Å². The predicted octanol–water partition coefficient (Wildman–Crippen LogP) is 3.03. The number of anilines is 2. The van der Waals surface area contributed by atoms with E-state index in [1.54, 1.807) is 30.7 Å². The Bertz CT molecular complexity index is 810. The molecule has 0 radical (unpaired) electrons. The molecular weight excluding hydrogens is 316 g/mol. The van der Waals surface area contributed by atoms with E-state index in [9.17, 15) is 4.79 Å². The molecule has 0 fully saturated rings. The average Bonchev–Trinajstić information content (AvgIpc) is 2.67. The molecule has 0 saturated carbocycles. The molecule has 3 rings (SSSR count). The number of nitrogens with one attached hydrogen (secondary N) is 2. The van der Waals surface area contributed by atoms with Crippen LogP contribution in [0, 0.1) is 0 Å². The van der Waals surface area contributed by atoms with E-state index in [2.05, 4.69) is 20.6 Å². The Kier molecular flexibility index (Phi) is 5.56. The van der Waals surface area contributed by atoms with E-state index in [-0.39, 0.29) is 5.91 Å². The number of benzene rings is 1. The zero-order chi connectivity index (χ0) is 17.3. The summed E-state index contributed by atoms with van der Waals surface area (Å²) in [6.45, 7) is 0.822. The summed E-state index contributed by atoms with van der Waals surface area (Å²) in [6, 6.07) is 16.6. The van der Waals surface area contributed by atoms with Gasteiger partial charge in [0.25, 0.3) is 5.91 Å². The molecule has 1 amide bonds. The lowest BCUT2D eigenvalue weighted by Gasteiger charge is -2.09. The van der Waals surface area contributed by atoms with Crippen LogP contribution in [0.1, 0.15) is 10.4 Å². The number of aromatic nitrogens is 2. The van der Waals surface area contributed by atoms with Gasteiger partial charge in [0.05, 0.1) is 18.4 Å². The lowest BCUT2D eigenvalue weighted by atomic mass is 10.2. The van der Waals surface area contributed by atoms with E-state index in [1.165, 1.54) is 0 Å². The van der Waals surface area contributed by atoms with Gasteiger partial charge in [-0.1, -0.05) is 18.2 Å². The summed E-state index contributed by atoms with van der Waals surface area (Å²) in [5, 5.41) is 5.94. The molecule has 3 aromatic rings. The minimum Gasteiger partial charge on any atom is -0.492 e. The third-order valence-corrected chi connectivity index (χ3v) is 3.36. The maximum atomic E-state index is 12.2.